The van der Waals surface area contributed by atoms with Gasteiger partial charge in [0, 0.05) is 44.0 Å². The maximum Gasteiger partial charge on any atom is 0.275 e. The third kappa shape index (κ3) is 5.27. The number of imidazole rings is 1. The number of nitrogens with one attached hydrogen (secondary N) is 1. The molecule has 0 aliphatic carbocycles. The molecule has 0 unspecified atom stereocenters. The number of pyridine rings is 2. The highest BCUT2D eigenvalue weighted by atomic mass is 16.2. The fourth-order valence-electron chi connectivity index (χ4n) is 4.23. The molecule has 3 aromatic heterocycles. The number of anilines is 1. The summed E-state index contributed by atoms with van der Waals surface area (Å²) in [7, 11) is 0. The minimum Gasteiger partial charge on any atom is -0.334 e. The van der Waals surface area contributed by atoms with Gasteiger partial charge < -0.3 is 14.8 Å². The van der Waals surface area contributed by atoms with E-state index in [9.17, 15) is 9.59 Å². The summed E-state index contributed by atoms with van der Waals surface area (Å²) in [5.41, 5.74) is 2.08. The van der Waals surface area contributed by atoms with Gasteiger partial charge >= 0.3 is 0 Å². The van der Waals surface area contributed by atoms with Crippen LogP contribution in [0.15, 0.2) is 48.9 Å². The smallest absolute Gasteiger partial charge is 0.275 e. The number of carbonyl (C=O) groups is 2. The summed E-state index contributed by atoms with van der Waals surface area (Å²) in [4.78, 5) is 40.9. The van der Waals surface area contributed by atoms with Gasteiger partial charge in [0.2, 0.25) is 5.91 Å². The lowest BCUT2D eigenvalue weighted by Gasteiger charge is -2.25. The van der Waals surface area contributed by atoms with Crippen molar-refractivity contribution in [2.24, 2.45) is 0 Å². The fraction of sp³-hybridized carbons (Fsp3) is 0.400. The van der Waals surface area contributed by atoms with Crippen LogP contribution < -0.4 is 5.32 Å². The largest absolute Gasteiger partial charge is 0.334 e. The molecule has 0 saturated carbocycles. The van der Waals surface area contributed by atoms with Crippen LogP contribution in [0.2, 0.25) is 0 Å². The van der Waals surface area contributed by atoms with Crippen molar-refractivity contribution in [1.82, 2.24) is 24.4 Å². The van der Waals surface area contributed by atoms with Crippen LogP contribution in [0, 0.1) is 6.92 Å². The second kappa shape index (κ2) is 9.94. The Morgan fingerprint density at radius 2 is 2.03 bits per heavy atom. The van der Waals surface area contributed by atoms with Crippen molar-refractivity contribution in [2.45, 2.75) is 58.5 Å². The number of carbonyl (C=O) groups excluding carboxylic acids is 2. The molecule has 1 fully saturated rings. The molecule has 1 aliphatic heterocycles. The monoisotopic (exact) mass is 446 g/mol. The zero-order valence-corrected chi connectivity index (χ0v) is 19.4. The van der Waals surface area contributed by atoms with Crippen molar-refractivity contribution in [1.29, 1.82) is 0 Å². The van der Waals surface area contributed by atoms with Gasteiger partial charge in [-0.25, -0.2) is 15.0 Å². The molecule has 33 heavy (non-hydrogen) atoms. The number of hydrogen-bond acceptors (Lipinski definition) is 5. The van der Waals surface area contributed by atoms with Crippen LogP contribution in [0.4, 0.5) is 5.82 Å². The Labute approximate surface area is 194 Å². The Morgan fingerprint density at radius 3 is 2.79 bits per heavy atom. The predicted molar refractivity (Wildman–Crippen MR) is 126 cm³/mol. The second-order valence-electron chi connectivity index (χ2n) is 8.75. The predicted octanol–water partition coefficient (Wildman–Crippen LogP) is 4.11. The van der Waals surface area contributed by atoms with Gasteiger partial charge in [-0.15, -0.1) is 0 Å². The average Bonchev–Trinajstić information content (AvgIpc) is 3.49. The lowest BCUT2D eigenvalue weighted by atomic mass is 10.1. The summed E-state index contributed by atoms with van der Waals surface area (Å²) in [5, 5.41) is 2.79. The first-order valence-electron chi connectivity index (χ1n) is 11.4. The van der Waals surface area contributed by atoms with E-state index < -0.39 is 0 Å². The summed E-state index contributed by atoms with van der Waals surface area (Å²) in [6, 6.07) is 8.93. The molecule has 4 heterocycles. The third-order valence-electron chi connectivity index (χ3n) is 5.90. The minimum atomic E-state index is -0.314. The van der Waals surface area contributed by atoms with E-state index >= 15 is 0 Å². The van der Waals surface area contributed by atoms with Crippen LogP contribution in [0.5, 0.6) is 0 Å². The third-order valence-corrected chi connectivity index (χ3v) is 5.90. The van der Waals surface area contributed by atoms with Crippen molar-refractivity contribution in [3.8, 4) is 0 Å². The minimum absolute atomic E-state index is 0.0985. The number of likely N-dealkylation sites (tertiary alicyclic amines) is 1. The van der Waals surface area contributed by atoms with Crippen molar-refractivity contribution in [2.75, 3.05) is 11.9 Å². The molecule has 1 atom stereocenters. The van der Waals surface area contributed by atoms with E-state index in [0.717, 1.165) is 29.9 Å². The standard InChI is InChI=1S/C25H30N6O2/c1-17(2)24-26-12-15-30(24)14-11-23(32)31-13-5-8-21(31)19-6-4-7-20(28-19)25(33)29-22-10-9-18(3)16-27-22/h4,6-7,9-10,12,15-17,21H,5,8,11,13-14H2,1-3H3,(H,27,29,33)/t21-/m1/s1. The zero-order chi connectivity index (χ0) is 23.4. The lowest BCUT2D eigenvalue weighted by molar-refractivity contribution is -0.132. The Hall–Kier alpha value is -3.55. The van der Waals surface area contributed by atoms with Gasteiger partial charge in [-0.3, -0.25) is 9.59 Å². The van der Waals surface area contributed by atoms with Gasteiger partial charge in [-0.05, 0) is 43.5 Å². The first-order chi connectivity index (χ1) is 15.9. The topological polar surface area (TPSA) is 93.0 Å². The first kappa shape index (κ1) is 22.6. The molecular weight excluding hydrogens is 416 g/mol. The molecule has 0 radical (unpaired) electrons. The number of aryl methyl sites for hydroxylation is 2. The molecule has 8 heteroatoms. The van der Waals surface area contributed by atoms with Crippen LogP contribution in [-0.2, 0) is 11.3 Å². The molecule has 0 spiro atoms. The van der Waals surface area contributed by atoms with E-state index in [1.165, 1.54) is 0 Å². The van der Waals surface area contributed by atoms with Gasteiger partial charge in [0.1, 0.15) is 17.3 Å². The maximum atomic E-state index is 13.1. The van der Waals surface area contributed by atoms with Crippen LogP contribution in [0.25, 0.3) is 0 Å². The highest BCUT2D eigenvalue weighted by molar-refractivity contribution is 6.02. The summed E-state index contributed by atoms with van der Waals surface area (Å²) >= 11 is 0. The number of nitrogens with zero attached hydrogens (tertiary/aromatic N) is 5. The van der Waals surface area contributed by atoms with E-state index in [0.29, 0.717) is 36.9 Å². The van der Waals surface area contributed by atoms with Gasteiger partial charge in [0.15, 0.2) is 0 Å². The van der Waals surface area contributed by atoms with Crippen molar-refractivity contribution < 1.29 is 9.59 Å². The molecule has 172 valence electrons. The fourth-order valence-corrected chi connectivity index (χ4v) is 4.23. The van der Waals surface area contributed by atoms with Crippen LogP contribution in [-0.4, -0.2) is 42.8 Å². The second-order valence-corrected chi connectivity index (χ2v) is 8.75. The Balaban J connectivity index is 1.43. The number of hydrogen-bond donors (Lipinski definition) is 1. The van der Waals surface area contributed by atoms with Crippen molar-refractivity contribution >= 4 is 17.6 Å². The van der Waals surface area contributed by atoms with Gasteiger partial charge in [0.25, 0.3) is 5.91 Å². The quantitative estimate of drug-likeness (QED) is 0.590. The van der Waals surface area contributed by atoms with Crippen LogP contribution in [0.3, 0.4) is 0 Å². The summed E-state index contributed by atoms with van der Waals surface area (Å²) in [6.07, 6.45) is 7.58. The summed E-state index contributed by atoms with van der Waals surface area (Å²) in [6.45, 7) is 7.45. The molecule has 2 amide bonds. The Morgan fingerprint density at radius 1 is 1.18 bits per heavy atom. The number of amides is 2. The Kier molecular flexibility index (Phi) is 6.82. The summed E-state index contributed by atoms with van der Waals surface area (Å²) in [5.74, 6) is 1.56. The van der Waals surface area contributed by atoms with E-state index in [4.69, 9.17) is 0 Å². The molecule has 1 saturated heterocycles. The molecule has 1 aliphatic rings. The van der Waals surface area contributed by atoms with Crippen LogP contribution in [0.1, 0.15) is 72.6 Å². The van der Waals surface area contributed by atoms with E-state index in [-0.39, 0.29) is 17.9 Å². The van der Waals surface area contributed by atoms with Crippen molar-refractivity contribution in [3.63, 3.8) is 0 Å². The normalized spacial score (nSPS) is 15.8. The maximum absolute atomic E-state index is 13.1. The molecule has 0 aromatic carbocycles. The SMILES string of the molecule is Cc1ccc(NC(=O)c2cccc([C@H]3CCCN3C(=O)CCn3ccnc3C(C)C)n2)nc1. The lowest BCUT2D eigenvalue weighted by Crippen LogP contribution is -2.32. The number of aromatic nitrogens is 4. The van der Waals surface area contributed by atoms with Crippen molar-refractivity contribution in [3.05, 3.63) is 71.7 Å². The molecule has 3 aromatic rings. The van der Waals surface area contributed by atoms with E-state index in [2.05, 4.69) is 38.7 Å². The number of rotatable bonds is 7. The average molecular weight is 447 g/mol. The first-order valence-corrected chi connectivity index (χ1v) is 11.4. The molecule has 4 rings (SSSR count). The van der Waals surface area contributed by atoms with Gasteiger partial charge in [-0.2, -0.15) is 0 Å². The molecule has 0 bridgehead atoms. The van der Waals surface area contributed by atoms with Gasteiger partial charge in [0.05, 0.1) is 11.7 Å². The zero-order valence-electron chi connectivity index (χ0n) is 19.4. The van der Waals surface area contributed by atoms with Gasteiger partial charge in [-0.1, -0.05) is 26.0 Å². The highest BCUT2D eigenvalue weighted by Crippen LogP contribution is 2.31. The Bertz CT molecular complexity index is 1120. The molecular formula is C25H30N6O2. The van der Waals surface area contributed by atoms with E-state index in [1.54, 1.807) is 24.5 Å². The summed E-state index contributed by atoms with van der Waals surface area (Å²) < 4.78 is 2.05. The molecule has 1 N–H and O–H groups in total. The molecule has 8 nitrogen and oxygen atoms in total. The highest BCUT2D eigenvalue weighted by Gasteiger charge is 2.31. The van der Waals surface area contributed by atoms with Crippen LogP contribution >= 0.6 is 0 Å². The van der Waals surface area contributed by atoms with E-state index in [1.807, 2.05) is 36.2 Å².